The lowest BCUT2D eigenvalue weighted by Gasteiger charge is -2.07. The molecule has 0 unspecified atom stereocenters. The average molecular weight is 219 g/mol. The second-order valence-corrected chi connectivity index (χ2v) is 3.10. The summed E-state index contributed by atoms with van der Waals surface area (Å²) in [6, 6.07) is 1.76. The molecule has 0 aliphatic carbocycles. The number of hydrogen-bond donors (Lipinski definition) is 1. The van der Waals surface area contributed by atoms with Gasteiger partial charge >= 0.3 is 0 Å². The van der Waals surface area contributed by atoms with Crippen molar-refractivity contribution in [1.29, 1.82) is 0 Å². The van der Waals surface area contributed by atoms with Crippen LogP contribution in [0.25, 0.3) is 0 Å². The first-order chi connectivity index (χ1) is 6.15. The minimum absolute atomic E-state index is 0.0926. The summed E-state index contributed by atoms with van der Waals surface area (Å²) >= 11 is 11.1. The van der Waals surface area contributed by atoms with Gasteiger partial charge in [0.1, 0.15) is 5.88 Å². The van der Waals surface area contributed by atoms with Crippen LogP contribution in [0.2, 0.25) is 5.15 Å². The van der Waals surface area contributed by atoms with Crippen LogP contribution >= 0.6 is 23.2 Å². The van der Waals surface area contributed by atoms with Crippen molar-refractivity contribution >= 4 is 34.8 Å². The average Bonchev–Trinajstić information content (AvgIpc) is 2.11. The van der Waals surface area contributed by atoms with E-state index in [1.54, 1.807) is 12.3 Å². The number of anilines is 1. The van der Waals surface area contributed by atoms with E-state index in [0.717, 1.165) is 5.56 Å². The molecular formula is C8H8Cl2N2O. The Kier molecular flexibility index (Phi) is 3.51. The fourth-order valence-electron chi connectivity index (χ4n) is 0.848. The molecule has 0 spiro atoms. The summed E-state index contributed by atoms with van der Waals surface area (Å²) in [5.74, 6) is -0.385. The van der Waals surface area contributed by atoms with Crippen molar-refractivity contribution in [2.24, 2.45) is 0 Å². The first kappa shape index (κ1) is 10.3. The summed E-state index contributed by atoms with van der Waals surface area (Å²) in [5, 5.41) is 2.84. The molecule has 0 aromatic carbocycles. The van der Waals surface area contributed by atoms with Crippen molar-refractivity contribution in [1.82, 2.24) is 4.98 Å². The maximum atomic E-state index is 11.0. The number of hydrogen-bond acceptors (Lipinski definition) is 2. The third kappa shape index (κ3) is 2.57. The van der Waals surface area contributed by atoms with E-state index in [9.17, 15) is 4.79 Å². The van der Waals surface area contributed by atoms with Crippen LogP contribution in [-0.2, 0) is 4.79 Å². The number of alkyl halides is 1. The molecule has 1 N–H and O–H groups in total. The molecule has 0 atom stereocenters. The van der Waals surface area contributed by atoms with E-state index in [0.29, 0.717) is 5.69 Å². The van der Waals surface area contributed by atoms with Crippen LogP contribution in [0, 0.1) is 6.92 Å². The van der Waals surface area contributed by atoms with Crippen LogP contribution in [0.15, 0.2) is 12.3 Å². The Balaban J connectivity index is 2.93. The molecule has 1 heterocycles. The van der Waals surface area contributed by atoms with Gasteiger partial charge in [-0.3, -0.25) is 4.79 Å². The summed E-state index contributed by atoms with van der Waals surface area (Å²) in [6.45, 7) is 1.83. The van der Waals surface area contributed by atoms with Crippen molar-refractivity contribution in [3.8, 4) is 0 Å². The zero-order chi connectivity index (χ0) is 9.84. The number of carbonyl (C=O) groups is 1. The summed E-state index contributed by atoms with van der Waals surface area (Å²) in [5.41, 5.74) is 1.38. The lowest BCUT2D eigenvalue weighted by molar-refractivity contribution is -0.113. The topological polar surface area (TPSA) is 42.0 Å². The molecule has 1 amide bonds. The fourth-order valence-corrected chi connectivity index (χ4v) is 1.17. The Bertz CT molecular complexity index is 308. The normalized spacial score (nSPS) is 9.77. The number of halogens is 2. The number of nitrogens with zero attached hydrogens (tertiary/aromatic N) is 1. The molecule has 1 aromatic rings. The second-order valence-electron chi connectivity index (χ2n) is 2.48. The predicted molar refractivity (Wildman–Crippen MR) is 53.3 cm³/mol. The highest BCUT2D eigenvalue weighted by atomic mass is 35.5. The van der Waals surface area contributed by atoms with E-state index in [-0.39, 0.29) is 16.9 Å². The molecule has 1 rings (SSSR count). The smallest absolute Gasteiger partial charge is 0.239 e. The molecule has 1 aromatic heterocycles. The summed E-state index contributed by atoms with van der Waals surface area (Å²) < 4.78 is 0. The van der Waals surface area contributed by atoms with Gasteiger partial charge in [-0.15, -0.1) is 11.6 Å². The highest BCUT2D eigenvalue weighted by Crippen LogP contribution is 2.22. The van der Waals surface area contributed by atoms with Crippen molar-refractivity contribution < 1.29 is 4.79 Å². The molecule has 0 saturated carbocycles. The standard InChI is InChI=1S/C8H8Cl2N2O/c1-5-2-3-11-8(10)7(5)12-6(13)4-9/h2-3H,4H2,1H3,(H,12,13). The van der Waals surface area contributed by atoms with E-state index >= 15 is 0 Å². The Labute approximate surface area is 86.1 Å². The zero-order valence-corrected chi connectivity index (χ0v) is 8.49. The molecule has 0 aliphatic rings. The van der Waals surface area contributed by atoms with Gasteiger partial charge < -0.3 is 5.32 Å². The Morgan fingerprint density at radius 2 is 2.38 bits per heavy atom. The molecule has 70 valence electrons. The van der Waals surface area contributed by atoms with Gasteiger partial charge in [0.15, 0.2) is 5.15 Å². The lowest BCUT2D eigenvalue weighted by atomic mass is 10.2. The number of amides is 1. The molecule has 5 heteroatoms. The minimum atomic E-state index is -0.292. The Hall–Kier alpha value is -0.800. The van der Waals surface area contributed by atoms with Gasteiger partial charge in [-0.1, -0.05) is 11.6 Å². The Morgan fingerprint density at radius 1 is 1.69 bits per heavy atom. The van der Waals surface area contributed by atoms with Gasteiger partial charge in [-0.25, -0.2) is 4.98 Å². The van der Waals surface area contributed by atoms with Gasteiger partial charge in [0.2, 0.25) is 5.91 Å². The molecule has 13 heavy (non-hydrogen) atoms. The first-order valence-corrected chi connectivity index (χ1v) is 4.53. The van der Waals surface area contributed by atoms with E-state index in [1.807, 2.05) is 6.92 Å². The number of aryl methyl sites for hydroxylation is 1. The van der Waals surface area contributed by atoms with Crippen LogP contribution in [0.3, 0.4) is 0 Å². The van der Waals surface area contributed by atoms with E-state index < -0.39 is 0 Å². The molecular weight excluding hydrogens is 211 g/mol. The number of nitrogens with one attached hydrogen (secondary N) is 1. The number of aromatic nitrogens is 1. The molecule has 0 fully saturated rings. The van der Waals surface area contributed by atoms with Crippen molar-refractivity contribution in [3.05, 3.63) is 23.0 Å². The predicted octanol–water partition coefficient (Wildman–Crippen LogP) is 2.22. The number of carbonyl (C=O) groups excluding carboxylic acids is 1. The summed E-state index contributed by atoms with van der Waals surface area (Å²) in [6.07, 6.45) is 1.58. The van der Waals surface area contributed by atoms with Crippen LogP contribution < -0.4 is 5.32 Å². The largest absolute Gasteiger partial charge is 0.322 e. The first-order valence-electron chi connectivity index (χ1n) is 3.62. The van der Waals surface area contributed by atoms with Gasteiger partial charge in [-0.2, -0.15) is 0 Å². The third-order valence-corrected chi connectivity index (χ3v) is 2.03. The van der Waals surface area contributed by atoms with E-state index in [4.69, 9.17) is 23.2 Å². The number of pyridine rings is 1. The summed E-state index contributed by atoms with van der Waals surface area (Å²) in [7, 11) is 0. The van der Waals surface area contributed by atoms with Crippen molar-refractivity contribution in [2.75, 3.05) is 11.2 Å². The van der Waals surface area contributed by atoms with Gasteiger partial charge in [0.05, 0.1) is 5.69 Å². The van der Waals surface area contributed by atoms with Gasteiger partial charge in [-0.05, 0) is 18.6 Å². The van der Waals surface area contributed by atoms with E-state index in [2.05, 4.69) is 10.3 Å². The zero-order valence-electron chi connectivity index (χ0n) is 6.97. The lowest BCUT2D eigenvalue weighted by Crippen LogP contribution is -2.14. The Morgan fingerprint density at radius 3 is 2.92 bits per heavy atom. The van der Waals surface area contributed by atoms with Crippen molar-refractivity contribution in [3.63, 3.8) is 0 Å². The molecule has 3 nitrogen and oxygen atoms in total. The van der Waals surface area contributed by atoms with Crippen LogP contribution in [0.1, 0.15) is 5.56 Å². The summed E-state index contributed by atoms with van der Waals surface area (Å²) in [4.78, 5) is 14.8. The molecule has 0 bridgehead atoms. The highest BCUT2D eigenvalue weighted by molar-refractivity contribution is 6.33. The molecule has 0 radical (unpaired) electrons. The van der Waals surface area contributed by atoms with Crippen molar-refractivity contribution in [2.45, 2.75) is 6.92 Å². The van der Waals surface area contributed by atoms with Gasteiger partial charge in [0, 0.05) is 6.20 Å². The minimum Gasteiger partial charge on any atom is -0.322 e. The maximum Gasteiger partial charge on any atom is 0.239 e. The SMILES string of the molecule is Cc1ccnc(Cl)c1NC(=O)CCl. The van der Waals surface area contributed by atoms with Gasteiger partial charge in [0.25, 0.3) is 0 Å². The maximum absolute atomic E-state index is 11.0. The van der Waals surface area contributed by atoms with E-state index in [1.165, 1.54) is 0 Å². The number of rotatable bonds is 2. The van der Waals surface area contributed by atoms with Crippen LogP contribution in [0.4, 0.5) is 5.69 Å². The third-order valence-electron chi connectivity index (χ3n) is 1.50. The highest BCUT2D eigenvalue weighted by Gasteiger charge is 2.07. The van der Waals surface area contributed by atoms with Crippen LogP contribution in [-0.4, -0.2) is 16.8 Å². The second kappa shape index (κ2) is 4.44. The molecule has 0 aliphatic heterocycles. The molecule has 0 saturated heterocycles. The monoisotopic (exact) mass is 218 g/mol. The van der Waals surface area contributed by atoms with Crippen LogP contribution in [0.5, 0.6) is 0 Å². The quantitative estimate of drug-likeness (QED) is 0.612. The fraction of sp³-hybridized carbons (Fsp3) is 0.250.